The Morgan fingerprint density at radius 3 is 2.50 bits per heavy atom. The number of rotatable bonds is 3. The third-order valence-electron chi connectivity index (χ3n) is 2.10. The Morgan fingerprint density at radius 1 is 1.25 bits per heavy atom. The molecule has 0 aliphatic carbocycles. The first-order valence-corrected chi connectivity index (χ1v) is 4.62. The van der Waals surface area contributed by atoms with Gasteiger partial charge in [-0.05, 0) is 17.7 Å². The number of benzene rings is 1. The average Bonchev–Trinajstić information content (AvgIpc) is 2.30. The minimum atomic E-state index is -0.522. The molecule has 0 amide bonds. The second kappa shape index (κ2) is 5.16. The summed E-state index contributed by atoms with van der Waals surface area (Å²) >= 11 is 0. The van der Waals surface area contributed by atoms with Gasteiger partial charge < -0.3 is 15.2 Å². The van der Waals surface area contributed by atoms with E-state index in [2.05, 4.69) is 9.47 Å². The van der Waals surface area contributed by atoms with Crippen LogP contribution in [0.25, 0.3) is 0 Å². The first kappa shape index (κ1) is 12.0. The molecule has 0 bridgehead atoms. The van der Waals surface area contributed by atoms with Gasteiger partial charge in [-0.25, -0.2) is 4.79 Å². The van der Waals surface area contributed by atoms with Crippen LogP contribution in [0.2, 0.25) is 0 Å². The summed E-state index contributed by atoms with van der Waals surface area (Å²) in [5, 5.41) is 0. The quantitative estimate of drug-likeness (QED) is 0.604. The Morgan fingerprint density at radius 2 is 1.94 bits per heavy atom. The van der Waals surface area contributed by atoms with Crippen LogP contribution in [0.15, 0.2) is 18.2 Å². The fraction of sp³-hybridized carbons (Fsp3) is 0.273. The lowest BCUT2D eigenvalue weighted by Crippen LogP contribution is -2.11. The number of hydrogen-bond acceptors (Lipinski definition) is 5. The van der Waals surface area contributed by atoms with E-state index in [-0.39, 0.29) is 12.0 Å². The number of carbonyl (C=O) groups excluding carboxylic acids is 2. The zero-order valence-corrected chi connectivity index (χ0v) is 9.15. The van der Waals surface area contributed by atoms with E-state index in [0.717, 1.165) is 0 Å². The van der Waals surface area contributed by atoms with Crippen LogP contribution in [0.5, 0.6) is 0 Å². The SMILES string of the molecule is COC(=O)Cc1ccc(N)cc1C(=O)OC. The maximum absolute atomic E-state index is 11.4. The molecule has 16 heavy (non-hydrogen) atoms. The average molecular weight is 223 g/mol. The molecule has 1 aromatic rings. The van der Waals surface area contributed by atoms with E-state index < -0.39 is 11.9 Å². The summed E-state index contributed by atoms with van der Waals surface area (Å²) in [4.78, 5) is 22.6. The van der Waals surface area contributed by atoms with Crippen molar-refractivity contribution in [2.24, 2.45) is 0 Å². The molecule has 1 aromatic carbocycles. The maximum atomic E-state index is 11.4. The van der Waals surface area contributed by atoms with E-state index >= 15 is 0 Å². The van der Waals surface area contributed by atoms with Gasteiger partial charge in [0, 0.05) is 5.69 Å². The van der Waals surface area contributed by atoms with Crippen LogP contribution in [-0.4, -0.2) is 26.2 Å². The van der Waals surface area contributed by atoms with Crippen molar-refractivity contribution in [1.29, 1.82) is 0 Å². The van der Waals surface area contributed by atoms with Crippen molar-refractivity contribution in [3.63, 3.8) is 0 Å². The van der Waals surface area contributed by atoms with Gasteiger partial charge in [0.1, 0.15) is 0 Å². The third-order valence-corrected chi connectivity index (χ3v) is 2.10. The number of carbonyl (C=O) groups is 2. The van der Waals surface area contributed by atoms with Gasteiger partial charge in [-0.2, -0.15) is 0 Å². The normalized spacial score (nSPS) is 9.62. The summed E-state index contributed by atoms with van der Waals surface area (Å²) in [6, 6.07) is 4.70. The summed E-state index contributed by atoms with van der Waals surface area (Å²) in [6.45, 7) is 0. The highest BCUT2D eigenvalue weighted by molar-refractivity contribution is 5.93. The predicted molar refractivity (Wildman–Crippen MR) is 57.9 cm³/mol. The number of nitrogen functional groups attached to an aromatic ring is 1. The molecule has 1 rings (SSSR count). The largest absolute Gasteiger partial charge is 0.469 e. The second-order valence-corrected chi connectivity index (χ2v) is 3.16. The molecule has 5 nitrogen and oxygen atoms in total. The Labute approximate surface area is 93.1 Å². The van der Waals surface area contributed by atoms with E-state index in [1.54, 1.807) is 12.1 Å². The molecule has 2 N–H and O–H groups in total. The number of esters is 2. The number of nitrogens with two attached hydrogens (primary N) is 1. The highest BCUT2D eigenvalue weighted by Crippen LogP contribution is 2.15. The highest BCUT2D eigenvalue weighted by atomic mass is 16.5. The standard InChI is InChI=1S/C11H13NO4/c1-15-10(13)5-7-3-4-8(12)6-9(7)11(14)16-2/h3-4,6H,5,12H2,1-2H3. The van der Waals surface area contributed by atoms with Crippen LogP contribution in [0.3, 0.4) is 0 Å². The zero-order valence-electron chi connectivity index (χ0n) is 9.15. The van der Waals surface area contributed by atoms with E-state index in [4.69, 9.17) is 5.73 Å². The first-order chi connectivity index (χ1) is 7.58. The molecule has 0 saturated carbocycles. The number of anilines is 1. The minimum Gasteiger partial charge on any atom is -0.469 e. The molecule has 0 heterocycles. The van der Waals surface area contributed by atoms with Crippen LogP contribution in [0.4, 0.5) is 5.69 Å². The molecular formula is C11H13NO4. The topological polar surface area (TPSA) is 78.6 Å². The molecule has 0 aliphatic rings. The van der Waals surface area contributed by atoms with Crippen molar-refractivity contribution in [2.45, 2.75) is 6.42 Å². The van der Waals surface area contributed by atoms with Gasteiger partial charge in [-0.15, -0.1) is 0 Å². The summed E-state index contributed by atoms with van der Waals surface area (Å²) in [5.41, 5.74) is 6.82. The van der Waals surface area contributed by atoms with Crippen molar-refractivity contribution < 1.29 is 19.1 Å². The van der Waals surface area contributed by atoms with Gasteiger partial charge in [0.05, 0.1) is 26.2 Å². The molecule has 0 atom stereocenters. The van der Waals surface area contributed by atoms with Crippen LogP contribution < -0.4 is 5.73 Å². The molecule has 0 saturated heterocycles. The Hall–Kier alpha value is -2.04. The van der Waals surface area contributed by atoms with Crippen LogP contribution in [0.1, 0.15) is 15.9 Å². The predicted octanol–water partition coefficient (Wildman–Crippen LogP) is 0.771. The molecule has 0 unspecified atom stereocenters. The Balaban J connectivity index is 3.07. The lowest BCUT2D eigenvalue weighted by molar-refractivity contribution is -0.139. The van der Waals surface area contributed by atoms with Gasteiger partial charge in [0.15, 0.2) is 0 Å². The Bertz CT molecular complexity index is 414. The molecule has 0 spiro atoms. The van der Waals surface area contributed by atoms with Crippen molar-refractivity contribution in [3.05, 3.63) is 29.3 Å². The fourth-order valence-corrected chi connectivity index (χ4v) is 1.28. The molecule has 5 heteroatoms. The van der Waals surface area contributed by atoms with Crippen LogP contribution >= 0.6 is 0 Å². The molecule has 0 aliphatic heterocycles. The zero-order chi connectivity index (χ0) is 12.1. The number of ether oxygens (including phenoxy) is 2. The van der Waals surface area contributed by atoms with E-state index in [1.807, 2.05) is 0 Å². The van der Waals surface area contributed by atoms with Gasteiger partial charge >= 0.3 is 11.9 Å². The van der Waals surface area contributed by atoms with Crippen molar-refractivity contribution in [1.82, 2.24) is 0 Å². The molecular weight excluding hydrogens is 210 g/mol. The monoisotopic (exact) mass is 223 g/mol. The molecule has 86 valence electrons. The summed E-state index contributed by atoms with van der Waals surface area (Å²) in [5.74, 6) is -0.943. The number of hydrogen-bond donors (Lipinski definition) is 1. The second-order valence-electron chi connectivity index (χ2n) is 3.16. The fourth-order valence-electron chi connectivity index (χ4n) is 1.28. The summed E-state index contributed by atoms with van der Waals surface area (Å²) in [6.07, 6.45) is 0.0151. The summed E-state index contributed by atoms with van der Waals surface area (Å²) in [7, 11) is 2.56. The maximum Gasteiger partial charge on any atom is 0.338 e. The van der Waals surface area contributed by atoms with Crippen molar-refractivity contribution in [3.8, 4) is 0 Å². The van der Waals surface area contributed by atoms with Gasteiger partial charge in [0.2, 0.25) is 0 Å². The van der Waals surface area contributed by atoms with Crippen LogP contribution in [0, 0.1) is 0 Å². The molecule has 0 aromatic heterocycles. The van der Waals surface area contributed by atoms with E-state index in [1.165, 1.54) is 20.3 Å². The summed E-state index contributed by atoms with van der Waals surface area (Å²) < 4.78 is 9.13. The van der Waals surface area contributed by atoms with E-state index in [0.29, 0.717) is 11.3 Å². The lowest BCUT2D eigenvalue weighted by atomic mass is 10.0. The Kier molecular flexibility index (Phi) is 3.88. The number of methoxy groups -OCH3 is 2. The lowest BCUT2D eigenvalue weighted by Gasteiger charge is -2.07. The van der Waals surface area contributed by atoms with Gasteiger partial charge in [0.25, 0.3) is 0 Å². The minimum absolute atomic E-state index is 0.0151. The van der Waals surface area contributed by atoms with Crippen molar-refractivity contribution >= 4 is 17.6 Å². The van der Waals surface area contributed by atoms with Gasteiger partial charge in [-0.1, -0.05) is 6.07 Å². The van der Waals surface area contributed by atoms with Gasteiger partial charge in [-0.3, -0.25) is 4.79 Å². The van der Waals surface area contributed by atoms with Crippen molar-refractivity contribution in [2.75, 3.05) is 20.0 Å². The first-order valence-electron chi connectivity index (χ1n) is 4.62. The molecule has 0 fully saturated rings. The van der Waals surface area contributed by atoms with E-state index in [9.17, 15) is 9.59 Å². The molecule has 0 radical (unpaired) electrons. The highest BCUT2D eigenvalue weighted by Gasteiger charge is 2.14. The smallest absolute Gasteiger partial charge is 0.338 e. The van der Waals surface area contributed by atoms with Crippen LogP contribution in [-0.2, 0) is 20.7 Å². The third kappa shape index (κ3) is 2.73.